The van der Waals surface area contributed by atoms with Crippen LogP contribution in [0.25, 0.3) is 0 Å². The summed E-state index contributed by atoms with van der Waals surface area (Å²) in [5, 5.41) is 3.19. The lowest BCUT2D eigenvalue weighted by atomic mass is 10.1. The molecule has 0 aromatic heterocycles. The van der Waals surface area contributed by atoms with Crippen LogP contribution in [0.3, 0.4) is 0 Å². The third kappa shape index (κ3) is 3.07. The Hall–Kier alpha value is -1.35. The van der Waals surface area contributed by atoms with Crippen molar-refractivity contribution in [3.63, 3.8) is 0 Å². The highest BCUT2D eigenvalue weighted by Gasteiger charge is 2.20. The molecule has 1 saturated carbocycles. The molecule has 3 heteroatoms. The first-order valence-corrected chi connectivity index (χ1v) is 5.67. The maximum Gasteiger partial charge on any atom is 0.176 e. The Labute approximate surface area is 95.8 Å². The Morgan fingerprint density at radius 2 is 2.31 bits per heavy atom. The molecule has 16 heavy (non-hydrogen) atoms. The van der Waals surface area contributed by atoms with Crippen molar-refractivity contribution in [2.75, 3.05) is 20.2 Å². The van der Waals surface area contributed by atoms with Crippen molar-refractivity contribution in [1.82, 2.24) is 5.32 Å². The number of ether oxygens (including phenoxy) is 1. The maximum atomic E-state index is 11.8. The fraction of sp³-hybridized carbons (Fsp3) is 0.462. The van der Waals surface area contributed by atoms with E-state index in [1.165, 1.54) is 12.8 Å². The zero-order valence-corrected chi connectivity index (χ0v) is 9.53. The third-order valence-electron chi connectivity index (χ3n) is 2.81. The molecule has 0 heterocycles. The SMILES string of the molecule is COc1cccc(C(=O)CNCC2CC2)c1. The second kappa shape index (κ2) is 5.12. The monoisotopic (exact) mass is 219 g/mol. The van der Waals surface area contributed by atoms with E-state index in [-0.39, 0.29) is 5.78 Å². The molecule has 1 aliphatic rings. The number of rotatable bonds is 6. The van der Waals surface area contributed by atoms with E-state index in [1.54, 1.807) is 13.2 Å². The van der Waals surface area contributed by atoms with Gasteiger partial charge in [-0.1, -0.05) is 12.1 Å². The summed E-state index contributed by atoms with van der Waals surface area (Å²) in [6, 6.07) is 7.28. The van der Waals surface area contributed by atoms with Gasteiger partial charge in [-0.15, -0.1) is 0 Å². The molecule has 86 valence electrons. The molecular formula is C13H17NO2. The summed E-state index contributed by atoms with van der Waals surface area (Å²) in [5.41, 5.74) is 0.711. The highest BCUT2D eigenvalue weighted by Crippen LogP contribution is 2.27. The maximum absolute atomic E-state index is 11.8. The zero-order valence-electron chi connectivity index (χ0n) is 9.53. The molecule has 1 N–H and O–H groups in total. The number of methoxy groups -OCH3 is 1. The van der Waals surface area contributed by atoms with Gasteiger partial charge in [0.25, 0.3) is 0 Å². The van der Waals surface area contributed by atoms with E-state index in [4.69, 9.17) is 4.74 Å². The molecular weight excluding hydrogens is 202 g/mol. The lowest BCUT2D eigenvalue weighted by Crippen LogP contribution is -2.24. The molecule has 0 unspecified atom stereocenters. The minimum absolute atomic E-state index is 0.125. The molecule has 1 fully saturated rings. The van der Waals surface area contributed by atoms with E-state index in [2.05, 4.69) is 5.32 Å². The van der Waals surface area contributed by atoms with Crippen LogP contribution in [0.5, 0.6) is 5.75 Å². The van der Waals surface area contributed by atoms with Crippen molar-refractivity contribution in [3.05, 3.63) is 29.8 Å². The number of nitrogens with one attached hydrogen (secondary N) is 1. The van der Waals surface area contributed by atoms with E-state index in [9.17, 15) is 4.79 Å². The van der Waals surface area contributed by atoms with E-state index < -0.39 is 0 Å². The van der Waals surface area contributed by atoms with Crippen molar-refractivity contribution in [2.45, 2.75) is 12.8 Å². The summed E-state index contributed by atoms with van der Waals surface area (Å²) in [4.78, 5) is 11.8. The fourth-order valence-corrected chi connectivity index (χ4v) is 1.61. The Morgan fingerprint density at radius 1 is 1.50 bits per heavy atom. The lowest BCUT2D eigenvalue weighted by molar-refractivity contribution is 0.0990. The second-order valence-electron chi connectivity index (χ2n) is 4.23. The van der Waals surface area contributed by atoms with Crippen LogP contribution in [0.15, 0.2) is 24.3 Å². The summed E-state index contributed by atoms with van der Waals surface area (Å²) in [6.07, 6.45) is 2.61. The Kier molecular flexibility index (Phi) is 3.57. The van der Waals surface area contributed by atoms with Gasteiger partial charge in [0, 0.05) is 5.56 Å². The van der Waals surface area contributed by atoms with E-state index in [0.29, 0.717) is 12.1 Å². The fourth-order valence-electron chi connectivity index (χ4n) is 1.61. The molecule has 1 aliphatic carbocycles. The molecule has 0 aliphatic heterocycles. The van der Waals surface area contributed by atoms with Gasteiger partial charge in [0.1, 0.15) is 5.75 Å². The van der Waals surface area contributed by atoms with Gasteiger partial charge in [0.2, 0.25) is 0 Å². The van der Waals surface area contributed by atoms with Crippen molar-refractivity contribution in [2.24, 2.45) is 5.92 Å². The van der Waals surface area contributed by atoms with Crippen molar-refractivity contribution in [1.29, 1.82) is 0 Å². The topological polar surface area (TPSA) is 38.3 Å². The average molecular weight is 219 g/mol. The first kappa shape index (κ1) is 11.1. The van der Waals surface area contributed by atoms with Gasteiger partial charge in [-0.05, 0) is 37.4 Å². The van der Waals surface area contributed by atoms with Gasteiger partial charge in [0.15, 0.2) is 5.78 Å². The highest BCUT2D eigenvalue weighted by atomic mass is 16.5. The third-order valence-corrected chi connectivity index (χ3v) is 2.81. The van der Waals surface area contributed by atoms with Crippen LogP contribution in [0.2, 0.25) is 0 Å². The summed E-state index contributed by atoms with van der Waals surface area (Å²) in [5.74, 6) is 1.66. The number of Topliss-reactive ketones (excluding diaryl/α,β-unsaturated/α-hetero) is 1. The molecule has 1 aromatic rings. The largest absolute Gasteiger partial charge is 0.497 e. The van der Waals surface area contributed by atoms with Crippen molar-refractivity contribution < 1.29 is 9.53 Å². The Morgan fingerprint density at radius 3 is 3.00 bits per heavy atom. The number of ketones is 1. The lowest BCUT2D eigenvalue weighted by Gasteiger charge is -2.05. The molecule has 0 atom stereocenters. The molecule has 0 bridgehead atoms. The molecule has 0 saturated heterocycles. The molecule has 0 radical (unpaired) electrons. The Balaban J connectivity index is 1.86. The van der Waals surface area contributed by atoms with Crippen LogP contribution in [-0.2, 0) is 0 Å². The minimum Gasteiger partial charge on any atom is -0.497 e. The van der Waals surface area contributed by atoms with Gasteiger partial charge in [-0.2, -0.15) is 0 Å². The molecule has 3 nitrogen and oxygen atoms in total. The van der Waals surface area contributed by atoms with Crippen LogP contribution in [0.1, 0.15) is 23.2 Å². The van der Waals surface area contributed by atoms with Gasteiger partial charge in [-0.25, -0.2) is 0 Å². The predicted octanol–water partition coefficient (Wildman–Crippen LogP) is 1.88. The number of carbonyl (C=O) groups is 1. The van der Waals surface area contributed by atoms with Gasteiger partial charge < -0.3 is 10.1 Å². The molecule has 0 amide bonds. The van der Waals surface area contributed by atoms with Crippen LogP contribution in [0, 0.1) is 5.92 Å². The van der Waals surface area contributed by atoms with E-state index in [1.807, 2.05) is 18.2 Å². The molecule has 2 rings (SSSR count). The first-order valence-electron chi connectivity index (χ1n) is 5.67. The number of benzene rings is 1. The van der Waals surface area contributed by atoms with Gasteiger partial charge in [0.05, 0.1) is 13.7 Å². The van der Waals surface area contributed by atoms with Crippen LogP contribution >= 0.6 is 0 Å². The number of hydrogen-bond acceptors (Lipinski definition) is 3. The van der Waals surface area contributed by atoms with Crippen LogP contribution in [0.4, 0.5) is 0 Å². The highest BCUT2D eigenvalue weighted by molar-refractivity contribution is 5.97. The first-order chi connectivity index (χ1) is 7.79. The smallest absolute Gasteiger partial charge is 0.176 e. The summed E-state index contributed by atoms with van der Waals surface area (Å²) in [7, 11) is 1.61. The second-order valence-corrected chi connectivity index (χ2v) is 4.23. The van der Waals surface area contributed by atoms with Gasteiger partial charge >= 0.3 is 0 Å². The number of carbonyl (C=O) groups excluding carboxylic acids is 1. The average Bonchev–Trinajstić information content (AvgIpc) is 3.13. The van der Waals surface area contributed by atoms with Gasteiger partial charge in [-0.3, -0.25) is 4.79 Å². The van der Waals surface area contributed by atoms with E-state index in [0.717, 1.165) is 18.2 Å². The predicted molar refractivity (Wildman–Crippen MR) is 62.9 cm³/mol. The minimum atomic E-state index is 0.125. The van der Waals surface area contributed by atoms with Crippen LogP contribution < -0.4 is 10.1 Å². The molecule has 1 aromatic carbocycles. The normalized spacial score (nSPS) is 14.8. The standard InChI is InChI=1S/C13H17NO2/c1-16-12-4-2-3-11(7-12)13(15)9-14-8-10-5-6-10/h2-4,7,10,14H,5-6,8-9H2,1H3. The summed E-state index contributed by atoms with van der Waals surface area (Å²) >= 11 is 0. The zero-order chi connectivity index (χ0) is 11.4. The number of hydrogen-bond donors (Lipinski definition) is 1. The Bertz CT molecular complexity index is 372. The van der Waals surface area contributed by atoms with Crippen molar-refractivity contribution >= 4 is 5.78 Å². The summed E-state index contributed by atoms with van der Waals surface area (Å²) in [6.45, 7) is 1.39. The van der Waals surface area contributed by atoms with E-state index >= 15 is 0 Å². The quantitative estimate of drug-likeness (QED) is 0.742. The summed E-state index contributed by atoms with van der Waals surface area (Å²) < 4.78 is 5.09. The molecule has 0 spiro atoms. The van der Waals surface area contributed by atoms with Crippen LogP contribution in [-0.4, -0.2) is 26.0 Å². The van der Waals surface area contributed by atoms with Crippen molar-refractivity contribution in [3.8, 4) is 5.75 Å².